The molecule has 39 heavy (non-hydrogen) atoms. The Morgan fingerprint density at radius 1 is 0.897 bits per heavy atom. The zero-order valence-corrected chi connectivity index (χ0v) is 21.5. The lowest BCUT2D eigenvalue weighted by Gasteiger charge is -2.11. The van der Waals surface area contributed by atoms with Crippen LogP contribution < -0.4 is 9.47 Å². The molecule has 0 fully saturated rings. The fourth-order valence-electron chi connectivity index (χ4n) is 4.53. The van der Waals surface area contributed by atoms with Crippen molar-refractivity contribution in [3.8, 4) is 17.6 Å². The van der Waals surface area contributed by atoms with Gasteiger partial charge in [0, 0.05) is 24.1 Å². The first kappa shape index (κ1) is 25.6. The van der Waals surface area contributed by atoms with Crippen molar-refractivity contribution in [3.05, 3.63) is 107 Å². The predicted molar refractivity (Wildman–Crippen MR) is 145 cm³/mol. The van der Waals surface area contributed by atoms with Gasteiger partial charge in [-0.15, -0.1) is 10.2 Å². The second-order valence-corrected chi connectivity index (χ2v) is 9.14. The Bertz CT molecular complexity index is 1580. The van der Waals surface area contributed by atoms with Gasteiger partial charge in [0.05, 0.1) is 18.2 Å². The molecule has 0 saturated carbocycles. The predicted octanol–water partition coefficient (Wildman–Crippen LogP) is 5.53. The molecule has 1 aromatic heterocycles. The maximum atomic E-state index is 12.8. The fraction of sp³-hybridized carbons (Fsp3) is 0.194. The molecule has 0 N–H and O–H groups in total. The number of benzene rings is 3. The van der Waals surface area contributed by atoms with Gasteiger partial charge in [0.15, 0.2) is 23.1 Å². The Morgan fingerprint density at radius 2 is 1.64 bits per heavy atom. The van der Waals surface area contributed by atoms with Crippen LogP contribution in [0.1, 0.15) is 62.8 Å². The van der Waals surface area contributed by atoms with Crippen LogP contribution in [-0.4, -0.2) is 33.6 Å². The summed E-state index contributed by atoms with van der Waals surface area (Å²) in [5.41, 5.74) is 2.44. The Hall–Kier alpha value is -5.03. The van der Waals surface area contributed by atoms with E-state index in [4.69, 9.17) is 9.47 Å². The molecule has 8 nitrogen and oxygen atoms in total. The summed E-state index contributed by atoms with van der Waals surface area (Å²) >= 11 is 0. The van der Waals surface area contributed by atoms with E-state index in [1.54, 1.807) is 72.8 Å². The number of carbonyl (C=O) groups excluding carboxylic acids is 2. The third-order valence-corrected chi connectivity index (χ3v) is 6.59. The van der Waals surface area contributed by atoms with Gasteiger partial charge in [-0.3, -0.25) is 4.79 Å². The smallest absolute Gasteiger partial charge is 0.343 e. The summed E-state index contributed by atoms with van der Waals surface area (Å²) in [6, 6.07) is 22.6. The number of nitrogens with zero attached hydrogens (tertiary/aromatic N) is 4. The lowest BCUT2D eigenvalue weighted by molar-refractivity contribution is 0.0729. The Balaban J connectivity index is 1.33. The van der Waals surface area contributed by atoms with E-state index >= 15 is 0 Å². The summed E-state index contributed by atoms with van der Waals surface area (Å²) in [7, 11) is 1.48. The Morgan fingerprint density at radius 3 is 2.38 bits per heavy atom. The molecule has 4 aromatic rings. The molecule has 0 atom stereocenters. The molecule has 0 amide bonds. The van der Waals surface area contributed by atoms with Gasteiger partial charge in [-0.05, 0) is 48.7 Å². The van der Waals surface area contributed by atoms with Crippen molar-refractivity contribution in [2.24, 2.45) is 0 Å². The third kappa shape index (κ3) is 5.63. The number of allylic oxidation sites excluding steroid dienone is 1. The van der Waals surface area contributed by atoms with Gasteiger partial charge >= 0.3 is 5.97 Å². The highest BCUT2D eigenvalue weighted by molar-refractivity contribution is 6.09. The molecule has 0 radical (unpaired) electrons. The van der Waals surface area contributed by atoms with Crippen molar-refractivity contribution in [2.75, 3.05) is 7.11 Å². The van der Waals surface area contributed by atoms with Crippen LogP contribution in [0.25, 0.3) is 11.6 Å². The summed E-state index contributed by atoms with van der Waals surface area (Å²) in [4.78, 5) is 25.5. The topological polar surface area (TPSA) is 107 Å². The van der Waals surface area contributed by atoms with E-state index in [9.17, 15) is 14.9 Å². The number of carbonyl (C=O) groups is 2. The third-order valence-electron chi connectivity index (χ3n) is 6.59. The average Bonchev–Trinajstić information content (AvgIpc) is 3.23. The second-order valence-electron chi connectivity index (χ2n) is 9.14. The molecule has 3 aromatic carbocycles. The van der Waals surface area contributed by atoms with Crippen LogP contribution in [-0.2, 0) is 13.0 Å². The fourth-order valence-corrected chi connectivity index (χ4v) is 4.53. The summed E-state index contributed by atoms with van der Waals surface area (Å²) in [5.74, 6) is 1.32. The molecular weight excluding hydrogens is 492 g/mol. The van der Waals surface area contributed by atoms with Crippen molar-refractivity contribution in [1.29, 1.82) is 5.26 Å². The van der Waals surface area contributed by atoms with Crippen LogP contribution in [0.5, 0.6) is 11.5 Å². The molecule has 8 heteroatoms. The molecule has 0 saturated heterocycles. The molecule has 0 spiro atoms. The average molecular weight is 519 g/mol. The van der Waals surface area contributed by atoms with Gasteiger partial charge in [-0.1, -0.05) is 55.0 Å². The Kier molecular flexibility index (Phi) is 7.60. The van der Waals surface area contributed by atoms with Crippen LogP contribution in [0.4, 0.5) is 0 Å². The van der Waals surface area contributed by atoms with Gasteiger partial charge in [-0.25, -0.2) is 4.79 Å². The van der Waals surface area contributed by atoms with E-state index < -0.39 is 5.97 Å². The first-order valence-electron chi connectivity index (χ1n) is 12.7. The van der Waals surface area contributed by atoms with E-state index in [0.29, 0.717) is 39.4 Å². The highest BCUT2D eigenvalue weighted by atomic mass is 16.6. The van der Waals surface area contributed by atoms with Crippen LogP contribution in [0.15, 0.2) is 72.8 Å². The number of fused-ring (bicyclic) bond motifs is 1. The molecular formula is C31H26N4O4. The monoisotopic (exact) mass is 518 g/mol. The highest BCUT2D eigenvalue weighted by Crippen LogP contribution is 2.31. The Labute approximate surface area is 226 Å². The van der Waals surface area contributed by atoms with Gasteiger partial charge < -0.3 is 14.0 Å². The number of nitriles is 1. The number of hydrogen-bond donors (Lipinski definition) is 0. The zero-order chi connectivity index (χ0) is 27.2. The normalized spacial score (nSPS) is 13.1. The van der Waals surface area contributed by atoms with Gasteiger partial charge in [0.1, 0.15) is 11.9 Å². The maximum absolute atomic E-state index is 12.8. The summed E-state index contributed by atoms with van der Waals surface area (Å²) in [5, 5.41) is 18.4. The SMILES string of the molecule is COc1cc(/C=C(/C#N)c2nnc3n2CCCCC3)ccc1OC(=O)c1ccc(C(=O)c2ccccc2)cc1. The van der Waals surface area contributed by atoms with Crippen LogP contribution in [0, 0.1) is 11.3 Å². The van der Waals surface area contributed by atoms with Crippen LogP contribution >= 0.6 is 0 Å². The minimum Gasteiger partial charge on any atom is -0.493 e. The van der Waals surface area contributed by atoms with Gasteiger partial charge in [-0.2, -0.15) is 5.26 Å². The lowest BCUT2D eigenvalue weighted by atomic mass is 10.0. The van der Waals surface area contributed by atoms with Crippen molar-refractivity contribution in [1.82, 2.24) is 14.8 Å². The van der Waals surface area contributed by atoms with Crippen molar-refractivity contribution < 1.29 is 19.1 Å². The number of rotatable bonds is 7. The highest BCUT2D eigenvalue weighted by Gasteiger charge is 2.19. The number of methoxy groups -OCH3 is 1. The standard InChI is InChI=1S/C31H26N4O4/c1-38-27-19-21(18-25(20-32)30-34-33-28-10-6-3-7-17-35(28)30)11-16-26(27)39-31(37)24-14-12-23(13-15-24)29(36)22-8-4-2-5-9-22/h2,4-5,8-9,11-16,18-19H,3,6-7,10,17H2,1H3/b25-18-. The van der Waals surface area contributed by atoms with Crippen molar-refractivity contribution >= 4 is 23.4 Å². The summed E-state index contributed by atoms with van der Waals surface area (Å²) in [6.07, 6.45) is 5.79. The molecule has 0 unspecified atom stereocenters. The quantitative estimate of drug-likeness (QED) is 0.137. The van der Waals surface area contributed by atoms with Crippen molar-refractivity contribution in [2.45, 2.75) is 32.2 Å². The van der Waals surface area contributed by atoms with Gasteiger partial charge in [0.2, 0.25) is 0 Å². The molecule has 5 rings (SSSR count). The number of aryl methyl sites for hydroxylation is 1. The molecule has 2 heterocycles. The largest absolute Gasteiger partial charge is 0.493 e. The van der Waals surface area contributed by atoms with E-state index in [2.05, 4.69) is 16.3 Å². The number of hydrogen-bond acceptors (Lipinski definition) is 7. The minimum atomic E-state index is -0.584. The van der Waals surface area contributed by atoms with Gasteiger partial charge in [0.25, 0.3) is 0 Å². The van der Waals surface area contributed by atoms with E-state index in [1.807, 2.05) is 10.6 Å². The van der Waals surface area contributed by atoms with Crippen LogP contribution in [0.3, 0.4) is 0 Å². The van der Waals surface area contributed by atoms with E-state index in [0.717, 1.165) is 38.1 Å². The maximum Gasteiger partial charge on any atom is 0.343 e. The van der Waals surface area contributed by atoms with E-state index in [1.165, 1.54) is 7.11 Å². The lowest BCUT2D eigenvalue weighted by Crippen LogP contribution is -2.10. The first-order chi connectivity index (χ1) is 19.1. The van der Waals surface area contributed by atoms with Crippen molar-refractivity contribution in [3.63, 3.8) is 0 Å². The molecule has 1 aliphatic heterocycles. The summed E-state index contributed by atoms with van der Waals surface area (Å²) in [6.45, 7) is 0.788. The van der Waals surface area contributed by atoms with Crippen LogP contribution in [0.2, 0.25) is 0 Å². The number of aromatic nitrogens is 3. The summed E-state index contributed by atoms with van der Waals surface area (Å²) < 4.78 is 13.1. The number of ketones is 1. The molecule has 194 valence electrons. The number of ether oxygens (including phenoxy) is 2. The zero-order valence-electron chi connectivity index (χ0n) is 21.5. The number of esters is 1. The van der Waals surface area contributed by atoms with E-state index in [-0.39, 0.29) is 11.5 Å². The molecule has 0 bridgehead atoms. The molecule has 1 aliphatic rings. The second kappa shape index (κ2) is 11.6. The minimum absolute atomic E-state index is 0.125. The first-order valence-corrected chi connectivity index (χ1v) is 12.7. The molecule has 0 aliphatic carbocycles.